The summed E-state index contributed by atoms with van der Waals surface area (Å²) in [6, 6.07) is 4.34. The Bertz CT molecular complexity index is 527. The molecule has 1 heterocycles. The van der Waals surface area contributed by atoms with Gasteiger partial charge in [0.05, 0.1) is 12.7 Å². The van der Waals surface area contributed by atoms with Crippen LogP contribution in [0, 0.1) is 0 Å². The number of ether oxygens (including phenoxy) is 2. The highest BCUT2D eigenvalue weighted by Gasteiger charge is 2.11. The number of aromatic carboxylic acids is 1. The Kier molecular flexibility index (Phi) is 3.20. The first-order valence-electron chi connectivity index (χ1n) is 4.56. The van der Waals surface area contributed by atoms with Gasteiger partial charge in [0, 0.05) is 11.5 Å². The molecule has 0 bridgehead atoms. The number of rotatable bonds is 4. The van der Waals surface area contributed by atoms with Gasteiger partial charge in [0.1, 0.15) is 6.33 Å². The zero-order chi connectivity index (χ0) is 12.3. The Morgan fingerprint density at radius 3 is 2.82 bits per heavy atom. The quantitative estimate of drug-likeness (QED) is 0.896. The van der Waals surface area contributed by atoms with E-state index in [-0.39, 0.29) is 5.56 Å². The molecule has 1 aromatic heterocycles. The van der Waals surface area contributed by atoms with Gasteiger partial charge in [-0.05, 0) is 18.2 Å². The van der Waals surface area contributed by atoms with E-state index in [1.807, 2.05) is 0 Å². The van der Waals surface area contributed by atoms with Crippen molar-refractivity contribution in [3.8, 4) is 16.7 Å². The molecule has 0 radical (unpaired) electrons. The molecule has 7 heteroatoms. The highest BCUT2D eigenvalue weighted by Crippen LogP contribution is 2.32. The molecule has 2 aromatic rings. The molecule has 0 saturated heterocycles. The van der Waals surface area contributed by atoms with Gasteiger partial charge in [0.15, 0.2) is 11.5 Å². The second-order valence-electron chi connectivity index (χ2n) is 2.98. The molecule has 0 aliphatic carbocycles. The van der Waals surface area contributed by atoms with Crippen molar-refractivity contribution in [3.05, 3.63) is 30.1 Å². The first-order valence-corrected chi connectivity index (χ1v) is 5.34. The predicted octanol–water partition coefficient (Wildman–Crippen LogP) is 2.04. The summed E-state index contributed by atoms with van der Waals surface area (Å²) in [6.07, 6.45) is 1.37. The number of methoxy groups -OCH3 is 1. The Hall–Kier alpha value is -2.15. The van der Waals surface area contributed by atoms with E-state index in [1.165, 1.54) is 31.6 Å². The summed E-state index contributed by atoms with van der Waals surface area (Å²) < 4.78 is 14.2. The molecular formula is C10H8N2O4S. The zero-order valence-corrected chi connectivity index (χ0v) is 9.60. The first kappa shape index (κ1) is 11.3. The molecule has 0 spiro atoms. The Balaban J connectivity index is 2.31. The minimum Gasteiger partial charge on any atom is -0.493 e. The molecular weight excluding hydrogens is 244 g/mol. The van der Waals surface area contributed by atoms with Crippen LogP contribution in [0.3, 0.4) is 0 Å². The van der Waals surface area contributed by atoms with Crippen molar-refractivity contribution >= 4 is 17.5 Å². The first-order chi connectivity index (χ1) is 8.20. The summed E-state index contributed by atoms with van der Waals surface area (Å²) in [5.74, 6) is -0.292. The number of carboxylic acid groups (broad SMARTS) is 1. The SMILES string of the molecule is COc1cc(C(=O)O)ccc1Oc1ncns1. The lowest BCUT2D eigenvalue weighted by molar-refractivity contribution is 0.0696. The van der Waals surface area contributed by atoms with E-state index >= 15 is 0 Å². The Labute approximate surface area is 101 Å². The van der Waals surface area contributed by atoms with Crippen molar-refractivity contribution < 1.29 is 19.4 Å². The van der Waals surface area contributed by atoms with Gasteiger partial charge < -0.3 is 14.6 Å². The minimum absolute atomic E-state index is 0.131. The number of benzene rings is 1. The average molecular weight is 252 g/mol. The molecule has 6 nitrogen and oxygen atoms in total. The smallest absolute Gasteiger partial charge is 0.335 e. The van der Waals surface area contributed by atoms with Crippen LogP contribution >= 0.6 is 11.5 Å². The summed E-state index contributed by atoms with van der Waals surface area (Å²) in [4.78, 5) is 14.6. The number of hydrogen-bond donors (Lipinski definition) is 1. The van der Waals surface area contributed by atoms with Crippen LogP contribution in [0.25, 0.3) is 0 Å². The van der Waals surface area contributed by atoms with Gasteiger partial charge in [-0.25, -0.2) is 4.79 Å². The highest BCUT2D eigenvalue weighted by molar-refractivity contribution is 7.07. The largest absolute Gasteiger partial charge is 0.493 e. The van der Waals surface area contributed by atoms with Crippen LogP contribution in [-0.2, 0) is 0 Å². The average Bonchev–Trinajstić information content (AvgIpc) is 2.82. The summed E-state index contributed by atoms with van der Waals surface area (Å²) >= 11 is 1.09. The molecule has 0 aliphatic rings. The molecule has 17 heavy (non-hydrogen) atoms. The molecule has 88 valence electrons. The van der Waals surface area contributed by atoms with Crippen LogP contribution in [0.15, 0.2) is 24.5 Å². The van der Waals surface area contributed by atoms with Gasteiger partial charge in [0.25, 0.3) is 5.19 Å². The number of carboxylic acids is 1. The van der Waals surface area contributed by atoms with Gasteiger partial charge in [-0.2, -0.15) is 9.36 Å². The molecule has 0 unspecified atom stereocenters. The van der Waals surface area contributed by atoms with Crippen molar-refractivity contribution in [1.82, 2.24) is 9.36 Å². The third-order valence-electron chi connectivity index (χ3n) is 1.95. The van der Waals surface area contributed by atoms with Crippen LogP contribution in [0.5, 0.6) is 16.7 Å². The van der Waals surface area contributed by atoms with Crippen LogP contribution < -0.4 is 9.47 Å². The number of carbonyl (C=O) groups is 1. The van der Waals surface area contributed by atoms with Gasteiger partial charge in [-0.15, -0.1) is 0 Å². The predicted molar refractivity (Wildman–Crippen MR) is 59.9 cm³/mol. The van der Waals surface area contributed by atoms with Crippen molar-refractivity contribution in [2.45, 2.75) is 0 Å². The van der Waals surface area contributed by atoms with E-state index in [0.29, 0.717) is 16.7 Å². The van der Waals surface area contributed by atoms with Gasteiger partial charge >= 0.3 is 5.97 Å². The third-order valence-corrected chi connectivity index (χ3v) is 2.49. The van der Waals surface area contributed by atoms with E-state index in [4.69, 9.17) is 14.6 Å². The maximum Gasteiger partial charge on any atom is 0.335 e. The summed E-state index contributed by atoms with van der Waals surface area (Å²) in [5.41, 5.74) is 0.131. The fourth-order valence-electron chi connectivity index (χ4n) is 1.19. The second kappa shape index (κ2) is 4.79. The molecule has 1 N–H and O–H groups in total. The molecule has 0 saturated carbocycles. The number of hydrogen-bond acceptors (Lipinski definition) is 6. The Morgan fingerprint density at radius 1 is 1.41 bits per heavy atom. The van der Waals surface area contributed by atoms with E-state index in [2.05, 4.69) is 9.36 Å². The molecule has 0 aliphatic heterocycles. The standard InChI is InChI=1S/C10H8N2O4S/c1-15-8-4-6(9(13)14)2-3-7(8)16-10-11-5-12-17-10/h2-5H,1H3,(H,13,14). The maximum absolute atomic E-state index is 10.8. The molecule has 0 atom stereocenters. The van der Waals surface area contributed by atoms with Crippen LogP contribution in [0.2, 0.25) is 0 Å². The summed E-state index contributed by atoms with van der Waals surface area (Å²) in [7, 11) is 1.44. The van der Waals surface area contributed by atoms with Gasteiger partial charge in [-0.1, -0.05) is 0 Å². The van der Waals surface area contributed by atoms with E-state index in [9.17, 15) is 4.79 Å². The number of nitrogens with zero attached hydrogens (tertiary/aromatic N) is 2. The zero-order valence-electron chi connectivity index (χ0n) is 8.78. The van der Waals surface area contributed by atoms with Crippen LogP contribution in [0.4, 0.5) is 0 Å². The van der Waals surface area contributed by atoms with E-state index in [1.54, 1.807) is 0 Å². The third kappa shape index (κ3) is 2.51. The van der Waals surface area contributed by atoms with Gasteiger partial charge in [0.2, 0.25) is 0 Å². The van der Waals surface area contributed by atoms with Crippen LogP contribution in [-0.4, -0.2) is 27.5 Å². The minimum atomic E-state index is -1.02. The summed E-state index contributed by atoms with van der Waals surface area (Å²) in [5, 5.41) is 9.20. The van der Waals surface area contributed by atoms with Crippen molar-refractivity contribution in [2.75, 3.05) is 7.11 Å². The molecule has 0 fully saturated rings. The fraction of sp³-hybridized carbons (Fsp3) is 0.100. The number of aromatic nitrogens is 2. The van der Waals surface area contributed by atoms with Crippen LogP contribution in [0.1, 0.15) is 10.4 Å². The highest BCUT2D eigenvalue weighted by atomic mass is 32.1. The molecule has 2 rings (SSSR count). The van der Waals surface area contributed by atoms with Gasteiger partial charge in [-0.3, -0.25) is 0 Å². The van der Waals surface area contributed by atoms with Crippen molar-refractivity contribution in [2.24, 2.45) is 0 Å². The van der Waals surface area contributed by atoms with Crippen molar-refractivity contribution in [3.63, 3.8) is 0 Å². The van der Waals surface area contributed by atoms with Crippen molar-refractivity contribution in [1.29, 1.82) is 0 Å². The Morgan fingerprint density at radius 2 is 2.24 bits per heavy atom. The fourth-order valence-corrected chi connectivity index (χ4v) is 1.59. The maximum atomic E-state index is 10.8. The molecule has 1 aromatic carbocycles. The summed E-state index contributed by atoms with van der Waals surface area (Å²) in [6.45, 7) is 0. The van der Waals surface area contributed by atoms with E-state index < -0.39 is 5.97 Å². The monoisotopic (exact) mass is 252 g/mol. The lowest BCUT2D eigenvalue weighted by Crippen LogP contribution is -1.98. The molecule has 0 amide bonds. The van der Waals surface area contributed by atoms with E-state index in [0.717, 1.165) is 11.5 Å². The second-order valence-corrected chi connectivity index (χ2v) is 3.72. The normalized spacial score (nSPS) is 9.94. The topological polar surface area (TPSA) is 81.5 Å². The lowest BCUT2D eigenvalue weighted by Gasteiger charge is -2.08. The lowest BCUT2D eigenvalue weighted by atomic mass is 10.2.